The van der Waals surface area contributed by atoms with E-state index in [0.29, 0.717) is 37.9 Å². The number of carbonyl (C=O) groups excluding carboxylic acids is 2. The van der Waals surface area contributed by atoms with Gasteiger partial charge in [-0.15, -0.1) is 0 Å². The van der Waals surface area contributed by atoms with Gasteiger partial charge in [-0.3, -0.25) is 19.7 Å². The Bertz CT molecular complexity index is 1030. The zero-order valence-corrected chi connectivity index (χ0v) is 19.5. The van der Waals surface area contributed by atoms with Crippen LogP contribution in [0, 0.1) is 6.92 Å². The van der Waals surface area contributed by atoms with Gasteiger partial charge in [0.15, 0.2) is 0 Å². The Morgan fingerprint density at radius 3 is 2.47 bits per heavy atom. The third kappa shape index (κ3) is 4.42. The predicted molar refractivity (Wildman–Crippen MR) is 123 cm³/mol. The number of halogens is 1. The van der Waals surface area contributed by atoms with Crippen molar-refractivity contribution < 1.29 is 19.5 Å². The maximum Gasteiger partial charge on any atom is 0.323 e. The monoisotopic (exact) mass is 499 g/mol. The third-order valence-corrected chi connectivity index (χ3v) is 7.27. The lowest BCUT2D eigenvalue weighted by atomic mass is 9.95. The van der Waals surface area contributed by atoms with Crippen LogP contribution < -0.4 is 5.32 Å². The topological polar surface area (TPSA) is 90.0 Å². The fraction of sp³-hybridized carbons (Fsp3) is 0.375. The van der Waals surface area contributed by atoms with Crippen LogP contribution in [0.15, 0.2) is 53.0 Å². The summed E-state index contributed by atoms with van der Waals surface area (Å²) in [6.07, 6.45) is 1.47. The van der Waals surface area contributed by atoms with Crippen LogP contribution in [0.1, 0.15) is 34.3 Å². The second-order valence-corrected chi connectivity index (χ2v) is 9.35. The number of carboxylic acids is 1. The number of carbonyl (C=O) groups is 3. The molecule has 2 amide bonds. The zero-order valence-electron chi connectivity index (χ0n) is 17.9. The van der Waals surface area contributed by atoms with Crippen molar-refractivity contribution in [3.8, 4) is 0 Å². The summed E-state index contributed by atoms with van der Waals surface area (Å²) in [6.45, 7) is 2.48. The molecule has 32 heavy (non-hydrogen) atoms. The van der Waals surface area contributed by atoms with E-state index in [1.165, 1.54) is 4.90 Å². The van der Waals surface area contributed by atoms with Crippen molar-refractivity contribution in [1.29, 1.82) is 0 Å². The van der Waals surface area contributed by atoms with Crippen molar-refractivity contribution in [1.82, 2.24) is 15.1 Å². The summed E-state index contributed by atoms with van der Waals surface area (Å²) in [5, 5.41) is 12.9. The standard InChI is InChI=1S/C24H26BrN3O4/c1-16-13-18(7-8-19(16)25)22(31)27-11-9-24(10-12-27)26-20(14-17-5-3-2-4-6-17)23(32)28(24)15-21(29)30/h2-8,13,20,26H,9-12,14-15H2,1H3,(H,29,30). The van der Waals surface area contributed by atoms with Crippen LogP contribution in [-0.2, 0) is 16.0 Å². The summed E-state index contributed by atoms with van der Waals surface area (Å²) in [7, 11) is 0. The smallest absolute Gasteiger partial charge is 0.323 e. The fourth-order valence-corrected chi connectivity index (χ4v) is 4.92. The van der Waals surface area contributed by atoms with Gasteiger partial charge in [0.1, 0.15) is 6.54 Å². The van der Waals surface area contributed by atoms with Gasteiger partial charge in [0.2, 0.25) is 5.91 Å². The highest BCUT2D eigenvalue weighted by Crippen LogP contribution is 2.34. The zero-order chi connectivity index (χ0) is 22.9. The molecule has 0 aromatic heterocycles. The lowest BCUT2D eigenvalue weighted by Crippen LogP contribution is -2.60. The molecule has 0 radical (unpaired) electrons. The van der Waals surface area contributed by atoms with Crippen LogP contribution in [0.25, 0.3) is 0 Å². The molecule has 0 aliphatic carbocycles. The maximum atomic E-state index is 13.1. The van der Waals surface area contributed by atoms with Gasteiger partial charge in [0.25, 0.3) is 5.91 Å². The minimum atomic E-state index is -1.04. The third-order valence-electron chi connectivity index (χ3n) is 6.38. The van der Waals surface area contributed by atoms with Gasteiger partial charge in [-0.05, 0) is 42.7 Å². The maximum absolute atomic E-state index is 13.1. The predicted octanol–water partition coefficient (Wildman–Crippen LogP) is 2.82. The van der Waals surface area contributed by atoms with E-state index < -0.39 is 17.7 Å². The molecule has 2 aromatic carbocycles. The fourth-order valence-electron chi connectivity index (χ4n) is 4.67. The Labute approximate surface area is 195 Å². The summed E-state index contributed by atoms with van der Waals surface area (Å²) in [5.74, 6) is -1.28. The summed E-state index contributed by atoms with van der Waals surface area (Å²) in [5.41, 5.74) is 1.88. The number of aliphatic carboxylic acids is 1. The number of carboxylic acid groups (broad SMARTS) is 1. The Hall–Kier alpha value is -2.71. The molecule has 0 bridgehead atoms. The Balaban J connectivity index is 1.50. The molecular formula is C24H26BrN3O4. The minimum Gasteiger partial charge on any atom is -0.480 e. The van der Waals surface area contributed by atoms with Gasteiger partial charge < -0.3 is 14.9 Å². The lowest BCUT2D eigenvalue weighted by Gasteiger charge is -2.44. The molecule has 1 spiro atoms. The van der Waals surface area contributed by atoms with Crippen molar-refractivity contribution in [2.45, 2.75) is 37.9 Å². The van der Waals surface area contributed by atoms with E-state index in [4.69, 9.17) is 0 Å². The molecule has 0 saturated carbocycles. The summed E-state index contributed by atoms with van der Waals surface area (Å²) in [6, 6.07) is 14.7. The Morgan fingerprint density at radius 2 is 1.84 bits per heavy atom. The number of rotatable bonds is 5. The molecule has 8 heteroatoms. The summed E-state index contributed by atoms with van der Waals surface area (Å²) in [4.78, 5) is 40.9. The molecule has 2 aromatic rings. The highest BCUT2D eigenvalue weighted by Gasteiger charge is 2.52. The van der Waals surface area contributed by atoms with E-state index in [1.54, 1.807) is 11.0 Å². The average Bonchev–Trinajstić information content (AvgIpc) is 3.01. The van der Waals surface area contributed by atoms with Gasteiger partial charge in [-0.25, -0.2) is 0 Å². The largest absolute Gasteiger partial charge is 0.480 e. The average molecular weight is 500 g/mol. The second kappa shape index (κ2) is 9.03. The van der Waals surface area contributed by atoms with E-state index >= 15 is 0 Å². The van der Waals surface area contributed by atoms with Crippen molar-refractivity contribution in [2.24, 2.45) is 0 Å². The van der Waals surface area contributed by atoms with Crippen molar-refractivity contribution in [3.05, 3.63) is 69.7 Å². The molecule has 7 nitrogen and oxygen atoms in total. The number of nitrogens with one attached hydrogen (secondary N) is 1. The van der Waals surface area contributed by atoms with Gasteiger partial charge >= 0.3 is 5.97 Å². The Morgan fingerprint density at radius 1 is 1.16 bits per heavy atom. The number of aryl methyl sites for hydroxylation is 1. The molecule has 4 rings (SSSR count). The molecule has 2 aliphatic rings. The van der Waals surface area contributed by atoms with E-state index in [0.717, 1.165) is 15.6 Å². The molecular weight excluding hydrogens is 474 g/mol. The van der Waals surface area contributed by atoms with Gasteiger partial charge in [0, 0.05) is 36.0 Å². The first-order valence-corrected chi connectivity index (χ1v) is 11.5. The van der Waals surface area contributed by atoms with Crippen molar-refractivity contribution >= 4 is 33.7 Å². The number of likely N-dealkylation sites (tertiary alicyclic amines) is 1. The number of piperidine rings is 1. The first-order valence-electron chi connectivity index (χ1n) is 10.7. The number of hydrogen-bond donors (Lipinski definition) is 2. The van der Waals surface area contributed by atoms with Crippen LogP contribution in [-0.4, -0.2) is 64.0 Å². The number of nitrogens with zero attached hydrogens (tertiary/aromatic N) is 2. The van der Waals surface area contributed by atoms with Gasteiger partial charge in [-0.1, -0.05) is 46.3 Å². The van der Waals surface area contributed by atoms with E-state index in [2.05, 4.69) is 21.2 Å². The number of benzene rings is 2. The van der Waals surface area contributed by atoms with Crippen LogP contribution in [0.3, 0.4) is 0 Å². The lowest BCUT2D eigenvalue weighted by molar-refractivity contribution is -0.147. The SMILES string of the molecule is Cc1cc(C(=O)N2CCC3(CC2)NC(Cc2ccccc2)C(=O)N3CC(=O)O)ccc1Br. The van der Waals surface area contributed by atoms with E-state index in [9.17, 15) is 19.5 Å². The Kier molecular flexibility index (Phi) is 6.35. The van der Waals surface area contributed by atoms with E-state index in [1.807, 2.05) is 49.4 Å². The second-order valence-electron chi connectivity index (χ2n) is 8.49. The highest BCUT2D eigenvalue weighted by molar-refractivity contribution is 9.10. The molecule has 1 unspecified atom stereocenters. The molecule has 2 saturated heterocycles. The highest BCUT2D eigenvalue weighted by atomic mass is 79.9. The molecule has 2 heterocycles. The minimum absolute atomic E-state index is 0.0506. The quantitative estimate of drug-likeness (QED) is 0.659. The van der Waals surface area contributed by atoms with Crippen molar-refractivity contribution in [3.63, 3.8) is 0 Å². The normalized spacial score (nSPS) is 20.1. The van der Waals surface area contributed by atoms with E-state index in [-0.39, 0.29) is 18.4 Å². The molecule has 168 valence electrons. The van der Waals surface area contributed by atoms with Crippen LogP contribution in [0.4, 0.5) is 0 Å². The molecule has 1 atom stereocenters. The van der Waals surface area contributed by atoms with Gasteiger partial charge in [0.05, 0.1) is 11.7 Å². The summed E-state index contributed by atoms with van der Waals surface area (Å²) < 4.78 is 0.953. The molecule has 2 fully saturated rings. The van der Waals surface area contributed by atoms with Crippen LogP contribution in [0.5, 0.6) is 0 Å². The van der Waals surface area contributed by atoms with Crippen molar-refractivity contribution in [2.75, 3.05) is 19.6 Å². The summed E-state index contributed by atoms with van der Waals surface area (Å²) >= 11 is 3.46. The van der Waals surface area contributed by atoms with Crippen LogP contribution in [0.2, 0.25) is 0 Å². The molecule has 2 aliphatic heterocycles. The van der Waals surface area contributed by atoms with Gasteiger partial charge in [-0.2, -0.15) is 0 Å². The first-order chi connectivity index (χ1) is 15.3. The van der Waals surface area contributed by atoms with Crippen LogP contribution >= 0.6 is 15.9 Å². The molecule has 2 N–H and O–H groups in total. The number of amides is 2. The first kappa shape index (κ1) is 22.5. The number of hydrogen-bond acceptors (Lipinski definition) is 4.